The molecule has 0 aliphatic carbocycles. The summed E-state index contributed by atoms with van der Waals surface area (Å²) in [6, 6.07) is 0. The first-order valence-corrected chi connectivity index (χ1v) is 6.06. The average Bonchev–Trinajstić information content (AvgIpc) is 1.94. The molecule has 0 spiro atoms. The molecule has 0 saturated carbocycles. The second kappa shape index (κ2) is 4.64. The molecule has 0 radical (unpaired) electrons. The smallest absolute Gasteiger partial charge is 0.179 e. The molecular weight excluding hydrogens is 184 g/mol. The molecule has 1 rings (SSSR count). The van der Waals surface area contributed by atoms with Gasteiger partial charge in [-0.25, -0.2) is 0 Å². The normalized spacial score (nSPS) is 22.4. The van der Waals surface area contributed by atoms with Gasteiger partial charge < -0.3 is 4.55 Å². The zero-order chi connectivity index (χ0) is 10.0. The van der Waals surface area contributed by atoms with Gasteiger partial charge in [-0.15, -0.1) is 4.31 Å². The van der Waals surface area contributed by atoms with Gasteiger partial charge in [0.15, 0.2) is 5.88 Å². The molecule has 78 valence electrons. The Hall–Kier alpha value is 0.230. The lowest BCUT2D eigenvalue weighted by atomic mass is 9.89. The molecule has 1 aliphatic rings. The molecule has 0 aromatic rings. The van der Waals surface area contributed by atoms with Crippen molar-refractivity contribution < 1.29 is 4.55 Å². The van der Waals surface area contributed by atoms with Crippen LogP contribution in [-0.2, 0) is 11.4 Å². The van der Waals surface area contributed by atoms with Crippen molar-refractivity contribution in [2.24, 2.45) is 11.8 Å². The predicted molar refractivity (Wildman–Crippen MR) is 56.6 cm³/mol. The van der Waals surface area contributed by atoms with Crippen LogP contribution < -0.4 is 0 Å². The van der Waals surface area contributed by atoms with E-state index in [4.69, 9.17) is 0 Å². The summed E-state index contributed by atoms with van der Waals surface area (Å²) in [7, 11) is 3.71. The number of hydrogen-bond acceptors (Lipinski definition) is 3. The lowest BCUT2D eigenvalue weighted by Crippen LogP contribution is -2.52. The van der Waals surface area contributed by atoms with Crippen molar-refractivity contribution in [1.29, 1.82) is 0 Å². The first-order chi connectivity index (χ1) is 6.00. The van der Waals surface area contributed by atoms with Crippen LogP contribution in [0.5, 0.6) is 0 Å². The summed E-state index contributed by atoms with van der Waals surface area (Å²) >= 11 is -0.819. The molecule has 1 saturated heterocycles. The van der Waals surface area contributed by atoms with Crippen LogP contribution in [0, 0.1) is 11.8 Å². The van der Waals surface area contributed by atoms with E-state index in [1.165, 1.54) is 0 Å². The van der Waals surface area contributed by atoms with Crippen molar-refractivity contribution in [3.05, 3.63) is 0 Å². The van der Waals surface area contributed by atoms with Gasteiger partial charge in [-0.2, -0.15) is 0 Å². The van der Waals surface area contributed by atoms with E-state index in [1.54, 1.807) is 4.31 Å². The fraction of sp³-hybridized carbons (Fsp3) is 1.00. The van der Waals surface area contributed by atoms with Gasteiger partial charge >= 0.3 is 0 Å². The van der Waals surface area contributed by atoms with Crippen molar-refractivity contribution in [2.75, 3.05) is 33.1 Å². The summed E-state index contributed by atoms with van der Waals surface area (Å²) in [5.41, 5.74) is 0. The van der Waals surface area contributed by atoms with Gasteiger partial charge in [0.25, 0.3) is 0 Å². The highest BCUT2D eigenvalue weighted by molar-refractivity contribution is 7.88. The van der Waals surface area contributed by atoms with Gasteiger partial charge in [-0.05, 0) is 11.8 Å². The second-order valence-electron chi connectivity index (χ2n) is 4.30. The van der Waals surface area contributed by atoms with Crippen LogP contribution in [0.2, 0.25) is 0 Å². The first kappa shape index (κ1) is 11.3. The molecule has 4 heteroatoms. The fourth-order valence-electron chi connectivity index (χ4n) is 1.41. The van der Waals surface area contributed by atoms with Crippen LogP contribution in [0.15, 0.2) is 0 Å². The summed E-state index contributed by atoms with van der Waals surface area (Å²) < 4.78 is 13.2. The summed E-state index contributed by atoms with van der Waals surface area (Å²) in [6.07, 6.45) is 0. The minimum Gasteiger partial charge on any atom is -0.597 e. The standard InChI is InChI=1S/C9H20N2OS/c1-8(2)9-5-11(6-9)7-13(12)10(3)4/h8-9H,5-7H2,1-4H3. The summed E-state index contributed by atoms with van der Waals surface area (Å²) in [4.78, 5) is 2.26. The van der Waals surface area contributed by atoms with Crippen LogP contribution in [0.25, 0.3) is 0 Å². The van der Waals surface area contributed by atoms with Crippen molar-refractivity contribution in [3.8, 4) is 0 Å². The molecule has 0 bridgehead atoms. The van der Waals surface area contributed by atoms with Gasteiger partial charge in [0.1, 0.15) is 0 Å². The second-order valence-corrected chi connectivity index (χ2v) is 5.93. The molecular formula is C9H20N2OS. The van der Waals surface area contributed by atoms with Crippen molar-refractivity contribution in [3.63, 3.8) is 0 Å². The van der Waals surface area contributed by atoms with Crippen molar-refractivity contribution in [2.45, 2.75) is 13.8 Å². The van der Waals surface area contributed by atoms with Gasteiger partial charge in [0, 0.05) is 27.2 Å². The minimum absolute atomic E-state index is 0.705. The number of likely N-dealkylation sites (tertiary alicyclic amines) is 1. The Morgan fingerprint density at radius 2 is 2.00 bits per heavy atom. The maximum atomic E-state index is 11.4. The van der Waals surface area contributed by atoms with Crippen LogP contribution in [0.1, 0.15) is 13.8 Å². The van der Waals surface area contributed by atoms with Crippen LogP contribution in [0.3, 0.4) is 0 Å². The predicted octanol–water partition coefficient (Wildman–Crippen LogP) is 0.757. The third kappa shape index (κ3) is 3.13. The van der Waals surface area contributed by atoms with Crippen molar-refractivity contribution in [1.82, 2.24) is 9.21 Å². The molecule has 1 fully saturated rings. The molecule has 1 atom stereocenters. The van der Waals surface area contributed by atoms with E-state index in [0.717, 1.165) is 24.9 Å². The fourth-order valence-corrected chi connectivity index (χ4v) is 2.16. The third-order valence-corrected chi connectivity index (χ3v) is 4.03. The summed E-state index contributed by atoms with van der Waals surface area (Å²) in [5.74, 6) is 2.29. The molecule has 0 amide bonds. The molecule has 0 N–H and O–H groups in total. The van der Waals surface area contributed by atoms with E-state index >= 15 is 0 Å². The Morgan fingerprint density at radius 3 is 2.38 bits per heavy atom. The molecule has 0 aromatic carbocycles. The highest BCUT2D eigenvalue weighted by Gasteiger charge is 2.32. The lowest BCUT2D eigenvalue weighted by Gasteiger charge is -2.41. The Labute approximate surface area is 84.4 Å². The molecule has 3 nitrogen and oxygen atoms in total. The van der Waals surface area contributed by atoms with Gasteiger partial charge in [0.05, 0.1) is 11.4 Å². The quantitative estimate of drug-likeness (QED) is 0.633. The van der Waals surface area contributed by atoms with E-state index in [2.05, 4.69) is 18.7 Å². The first-order valence-electron chi connectivity index (χ1n) is 4.79. The number of nitrogens with zero attached hydrogens (tertiary/aromatic N) is 2. The molecule has 1 heterocycles. The zero-order valence-electron chi connectivity index (χ0n) is 8.99. The Bertz CT molecular complexity index is 158. The average molecular weight is 204 g/mol. The Morgan fingerprint density at radius 1 is 1.46 bits per heavy atom. The number of hydrogen-bond donors (Lipinski definition) is 0. The molecule has 13 heavy (non-hydrogen) atoms. The molecule has 0 aromatic heterocycles. The van der Waals surface area contributed by atoms with Gasteiger partial charge in [-0.3, -0.25) is 4.90 Å². The van der Waals surface area contributed by atoms with E-state index in [9.17, 15) is 4.55 Å². The zero-order valence-corrected chi connectivity index (χ0v) is 9.80. The van der Waals surface area contributed by atoms with Crippen LogP contribution in [-0.4, -0.2) is 46.8 Å². The SMILES string of the molecule is CC(C)C1CN(C[S+]([O-])N(C)C)C1. The van der Waals surface area contributed by atoms with E-state index < -0.39 is 11.4 Å². The highest BCUT2D eigenvalue weighted by atomic mass is 32.2. The minimum atomic E-state index is -0.819. The van der Waals surface area contributed by atoms with Crippen LogP contribution in [0.4, 0.5) is 0 Å². The largest absolute Gasteiger partial charge is 0.597 e. The Balaban J connectivity index is 2.14. The lowest BCUT2D eigenvalue weighted by molar-refractivity contribution is 0.0865. The van der Waals surface area contributed by atoms with Gasteiger partial charge in [0.2, 0.25) is 0 Å². The monoisotopic (exact) mass is 204 g/mol. The summed E-state index contributed by atoms with van der Waals surface area (Å²) in [6.45, 7) is 6.75. The molecule has 1 aliphatic heterocycles. The van der Waals surface area contributed by atoms with Gasteiger partial charge in [-0.1, -0.05) is 13.8 Å². The third-order valence-electron chi connectivity index (χ3n) is 2.63. The van der Waals surface area contributed by atoms with E-state index in [1.807, 2.05) is 14.1 Å². The summed E-state index contributed by atoms with van der Waals surface area (Å²) in [5, 5.41) is 0. The van der Waals surface area contributed by atoms with E-state index in [-0.39, 0.29) is 0 Å². The Kier molecular flexibility index (Phi) is 4.04. The van der Waals surface area contributed by atoms with E-state index in [0.29, 0.717) is 5.88 Å². The maximum Gasteiger partial charge on any atom is 0.179 e. The number of rotatable bonds is 4. The van der Waals surface area contributed by atoms with Crippen LogP contribution >= 0.6 is 0 Å². The topological polar surface area (TPSA) is 29.5 Å². The van der Waals surface area contributed by atoms with Crippen molar-refractivity contribution >= 4 is 11.4 Å². The highest BCUT2D eigenvalue weighted by Crippen LogP contribution is 2.23. The maximum absolute atomic E-state index is 11.4. The molecule has 1 unspecified atom stereocenters.